The molecule has 2 aromatic carbocycles. The molecule has 3 rings (SSSR count). The van der Waals surface area contributed by atoms with E-state index in [0.29, 0.717) is 40.9 Å². The van der Waals surface area contributed by atoms with E-state index >= 15 is 0 Å². The van der Waals surface area contributed by atoms with Gasteiger partial charge in [0.05, 0.1) is 10.0 Å². The third-order valence-corrected chi connectivity index (χ3v) is 8.38. The molecule has 8 heteroatoms. The third-order valence-electron chi connectivity index (χ3n) is 6.29. The largest absolute Gasteiger partial charge is 0.352 e. The quantitative estimate of drug-likeness (QED) is 0.227. The topological polar surface area (TPSA) is 49.4 Å². The van der Waals surface area contributed by atoms with E-state index in [2.05, 4.69) is 5.32 Å². The van der Waals surface area contributed by atoms with Crippen molar-refractivity contribution in [2.24, 2.45) is 0 Å². The van der Waals surface area contributed by atoms with E-state index < -0.39 is 6.04 Å². The number of benzene rings is 2. The molecule has 1 aliphatic carbocycles. The van der Waals surface area contributed by atoms with Crippen LogP contribution in [0.1, 0.15) is 63.9 Å². The monoisotopic (exact) mass is 554 g/mol. The van der Waals surface area contributed by atoms with E-state index in [-0.39, 0.29) is 17.9 Å². The smallest absolute Gasteiger partial charge is 0.243 e. The zero-order chi connectivity index (χ0) is 25.2. The van der Waals surface area contributed by atoms with Crippen LogP contribution in [0.5, 0.6) is 0 Å². The van der Waals surface area contributed by atoms with E-state index in [0.717, 1.165) is 41.9 Å². The zero-order valence-corrected chi connectivity index (χ0v) is 23.2. The third kappa shape index (κ3) is 8.89. The fraction of sp³-hybridized carbons (Fsp3) is 0.481. The summed E-state index contributed by atoms with van der Waals surface area (Å²) in [6.07, 6.45) is 7.14. The van der Waals surface area contributed by atoms with Gasteiger partial charge in [-0.3, -0.25) is 9.59 Å². The Labute approximate surface area is 228 Å². The number of nitrogens with one attached hydrogen (secondary N) is 1. The van der Waals surface area contributed by atoms with Crippen LogP contribution in [0.2, 0.25) is 15.1 Å². The van der Waals surface area contributed by atoms with E-state index in [9.17, 15) is 9.59 Å². The van der Waals surface area contributed by atoms with Crippen molar-refractivity contribution in [3.05, 3.63) is 63.1 Å². The molecular weight excluding hydrogens is 523 g/mol. The Bertz CT molecular complexity index is 981. The van der Waals surface area contributed by atoms with Crippen molar-refractivity contribution in [2.45, 2.75) is 81.8 Å². The second kappa shape index (κ2) is 14.4. The molecule has 1 aliphatic rings. The first-order chi connectivity index (χ1) is 16.9. The lowest BCUT2D eigenvalue weighted by molar-refractivity contribution is -0.141. The Kier molecular flexibility index (Phi) is 11.6. The molecule has 2 amide bonds. The van der Waals surface area contributed by atoms with Crippen LogP contribution in [0.4, 0.5) is 0 Å². The summed E-state index contributed by atoms with van der Waals surface area (Å²) < 4.78 is 0. The summed E-state index contributed by atoms with van der Waals surface area (Å²) in [7, 11) is 0. The van der Waals surface area contributed by atoms with Crippen molar-refractivity contribution in [1.82, 2.24) is 10.2 Å². The molecule has 1 saturated carbocycles. The average Bonchev–Trinajstić information content (AvgIpc) is 2.85. The highest BCUT2D eigenvalue weighted by molar-refractivity contribution is 7.99. The highest BCUT2D eigenvalue weighted by Gasteiger charge is 2.30. The first kappa shape index (κ1) is 28.2. The number of carbonyl (C=O) groups excluding carboxylic acids is 2. The van der Waals surface area contributed by atoms with Gasteiger partial charge in [-0.15, -0.1) is 11.8 Å². The van der Waals surface area contributed by atoms with Gasteiger partial charge in [0.15, 0.2) is 0 Å². The number of thioether (sulfide) groups is 1. The molecular formula is C27H33Cl3N2O2S. The minimum atomic E-state index is -0.525. The fourth-order valence-electron chi connectivity index (χ4n) is 4.39. The fourth-order valence-corrected chi connectivity index (χ4v) is 5.69. The lowest BCUT2D eigenvalue weighted by Gasteiger charge is -2.33. The number of carbonyl (C=O) groups is 2. The number of hydrogen-bond acceptors (Lipinski definition) is 3. The first-order valence-corrected chi connectivity index (χ1v) is 14.4. The van der Waals surface area contributed by atoms with Gasteiger partial charge in [0.1, 0.15) is 6.04 Å². The number of amides is 2. The molecule has 0 aliphatic heterocycles. The van der Waals surface area contributed by atoms with Gasteiger partial charge in [-0.05, 0) is 73.4 Å². The van der Waals surface area contributed by atoms with Crippen molar-refractivity contribution >= 4 is 58.4 Å². The van der Waals surface area contributed by atoms with E-state index in [1.54, 1.807) is 28.8 Å². The SMILES string of the molecule is CC[C@@H](C(=O)NC1CCCCC1)N(Cc1ccc(Cl)c(Cl)c1)C(=O)CCCSc1ccc(Cl)cc1. The molecule has 0 heterocycles. The predicted molar refractivity (Wildman–Crippen MR) is 148 cm³/mol. The van der Waals surface area contributed by atoms with Crippen LogP contribution in [0.3, 0.4) is 0 Å². The van der Waals surface area contributed by atoms with Crippen LogP contribution in [0.25, 0.3) is 0 Å². The number of nitrogens with zero attached hydrogens (tertiary/aromatic N) is 1. The summed E-state index contributed by atoms with van der Waals surface area (Å²) in [5.74, 6) is 0.709. The van der Waals surface area contributed by atoms with Crippen LogP contribution in [0, 0.1) is 0 Å². The van der Waals surface area contributed by atoms with Crippen molar-refractivity contribution < 1.29 is 9.59 Å². The normalized spacial score (nSPS) is 15.0. The molecule has 0 saturated heterocycles. The molecule has 0 bridgehead atoms. The molecule has 190 valence electrons. The molecule has 1 atom stereocenters. The van der Waals surface area contributed by atoms with Gasteiger partial charge in [0, 0.05) is 28.9 Å². The van der Waals surface area contributed by atoms with Crippen LogP contribution in [0.15, 0.2) is 47.4 Å². The molecule has 35 heavy (non-hydrogen) atoms. The second-order valence-electron chi connectivity index (χ2n) is 8.94. The van der Waals surface area contributed by atoms with Crippen LogP contribution < -0.4 is 5.32 Å². The van der Waals surface area contributed by atoms with Gasteiger partial charge in [-0.25, -0.2) is 0 Å². The number of hydrogen-bond donors (Lipinski definition) is 1. The van der Waals surface area contributed by atoms with Crippen molar-refractivity contribution in [3.63, 3.8) is 0 Å². The van der Waals surface area contributed by atoms with Gasteiger partial charge in [-0.2, -0.15) is 0 Å². The Morgan fingerprint density at radius 2 is 1.74 bits per heavy atom. The number of rotatable bonds is 11. The highest BCUT2D eigenvalue weighted by Crippen LogP contribution is 2.26. The van der Waals surface area contributed by atoms with Crippen molar-refractivity contribution in [3.8, 4) is 0 Å². The van der Waals surface area contributed by atoms with Gasteiger partial charge in [-0.1, -0.05) is 67.1 Å². The van der Waals surface area contributed by atoms with E-state index in [1.165, 1.54) is 6.42 Å². The maximum absolute atomic E-state index is 13.4. The van der Waals surface area contributed by atoms with Gasteiger partial charge in [0.25, 0.3) is 0 Å². The summed E-state index contributed by atoms with van der Waals surface area (Å²) in [4.78, 5) is 29.5. The standard InChI is InChI=1S/C27H33Cl3N2O2S/c1-2-25(27(34)31-21-7-4-3-5-8-21)32(18-19-10-15-23(29)24(30)17-19)26(33)9-6-16-35-22-13-11-20(28)12-14-22/h10-15,17,21,25H,2-9,16,18H2,1H3,(H,31,34)/t25-/m0/s1. The molecule has 0 spiro atoms. The minimum Gasteiger partial charge on any atom is -0.352 e. The van der Waals surface area contributed by atoms with Crippen LogP contribution in [-0.2, 0) is 16.1 Å². The Morgan fingerprint density at radius 3 is 2.40 bits per heavy atom. The summed E-state index contributed by atoms with van der Waals surface area (Å²) in [6, 6.07) is 12.7. The maximum Gasteiger partial charge on any atom is 0.243 e. The van der Waals surface area contributed by atoms with Gasteiger partial charge in [0.2, 0.25) is 11.8 Å². The summed E-state index contributed by atoms with van der Waals surface area (Å²) in [5.41, 5.74) is 0.854. The number of halogens is 3. The minimum absolute atomic E-state index is 0.0292. The van der Waals surface area contributed by atoms with E-state index in [1.807, 2.05) is 37.3 Å². The van der Waals surface area contributed by atoms with Gasteiger partial charge >= 0.3 is 0 Å². The van der Waals surface area contributed by atoms with Crippen LogP contribution >= 0.6 is 46.6 Å². The van der Waals surface area contributed by atoms with Crippen molar-refractivity contribution in [2.75, 3.05) is 5.75 Å². The summed E-state index contributed by atoms with van der Waals surface area (Å²) in [6.45, 7) is 2.27. The zero-order valence-electron chi connectivity index (χ0n) is 20.1. The first-order valence-electron chi connectivity index (χ1n) is 12.3. The molecule has 4 nitrogen and oxygen atoms in total. The predicted octanol–water partition coefficient (Wildman–Crippen LogP) is 7.78. The Balaban J connectivity index is 1.67. The van der Waals surface area contributed by atoms with Gasteiger partial charge < -0.3 is 10.2 Å². The molecule has 0 unspecified atom stereocenters. The molecule has 1 fully saturated rings. The Morgan fingerprint density at radius 1 is 1.03 bits per heavy atom. The lowest BCUT2D eigenvalue weighted by atomic mass is 9.95. The lowest BCUT2D eigenvalue weighted by Crippen LogP contribution is -2.51. The summed E-state index contributed by atoms with van der Waals surface area (Å²) >= 11 is 20.0. The second-order valence-corrected chi connectivity index (χ2v) is 11.4. The summed E-state index contributed by atoms with van der Waals surface area (Å²) in [5, 5.41) is 4.83. The molecule has 0 aromatic heterocycles. The molecule has 1 N–H and O–H groups in total. The van der Waals surface area contributed by atoms with E-state index in [4.69, 9.17) is 34.8 Å². The Hall–Kier alpha value is -1.40. The highest BCUT2D eigenvalue weighted by atomic mass is 35.5. The molecule has 2 aromatic rings. The average molecular weight is 556 g/mol. The van der Waals surface area contributed by atoms with Crippen LogP contribution in [-0.4, -0.2) is 34.6 Å². The van der Waals surface area contributed by atoms with Crippen molar-refractivity contribution in [1.29, 1.82) is 0 Å². The molecule has 0 radical (unpaired) electrons. The maximum atomic E-state index is 13.4.